The van der Waals surface area contributed by atoms with Crippen LogP contribution in [0.2, 0.25) is 0 Å². The highest BCUT2D eigenvalue weighted by atomic mass is 16.5. The van der Waals surface area contributed by atoms with Crippen LogP contribution in [0.4, 0.5) is 5.69 Å². The van der Waals surface area contributed by atoms with Crippen LogP contribution in [0.5, 0.6) is 0 Å². The lowest BCUT2D eigenvalue weighted by Gasteiger charge is -2.15. The number of pyridine rings is 1. The van der Waals surface area contributed by atoms with Gasteiger partial charge in [-0.25, -0.2) is 4.79 Å². The molecule has 2 aromatic rings. The molecule has 1 saturated carbocycles. The molecule has 1 aromatic heterocycles. The molecule has 0 aliphatic heterocycles. The third kappa shape index (κ3) is 3.72. The van der Waals surface area contributed by atoms with E-state index in [9.17, 15) is 14.4 Å². The highest BCUT2D eigenvalue weighted by Crippen LogP contribution is 2.46. The van der Waals surface area contributed by atoms with E-state index in [-0.39, 0.29) is 18.4 Å². The van der Waals surface area contributed by atoms with Gasteiger partial charge in [0.2, 0.25) is 11.8 Å². The molecular weight excluding hydrogens is 334 g/mol. The number of nitrogens with one attached hydrogen (secondary N) is 2. The molecule has 1 aliphatic carbocycles. The smallest absolute Gasteiger partial charge is 0.337 e. The second-order valence-electron chi connectivity index (χ2n) is 6.11. The number of hydrogen-bond donors (Lipinski definition) is 2. The second kappa shape index (κ2) is 7.35. The van der Waals surface area contributed by atoms with Crippen LogP contribution >= 0.6 is 0 Å². The zero-order chi connectivity index (χ0) is 18.6. The van der Waals surface area contributed by atoms with Crippen molar-refractivity contribution in [3.63, 3.8) is 0 Å². The number of methoxy groups -OCH3 is 1. The number of carbonyl (C=O) groups is 3. The van der Waals surface area contributed by atoms with E-state index in [0.29, 0.717) is 24.1 Å². The quantitative estimate of drug-likeness (QED) is 0.611. The fraction of sp³-hybridized carbons (Fsp3) is 0.263. The average Bonchev–Trinajstić information content (AvgIpc) is 3.48. The lowest BCUT2D eigenvalue weighted by atomic mass is 10.0. The van der Waals surface area contributed by atoms with Crippen molar-refractivity contribution in [1.29, 1.82) is 0 Å². The summed E-state index contributed by atoms with van der Waals surface area (Å²) in [4.78, 5) is 40.8. The van der Waals surface area contributed by atoms with Gasteiger partial charge in [0.25, 0.3) is 0 Å². The maximum atomic E-state index is 12.6. The van der Waals surface area contributed by atoms with Crippen molar-refractivity contribution in [1.82, 2.24) is 10.3 Å². The van der Waals surface area contributed by atoms with Crippen molar-refractivity contribution >= 4 is 23.5 Å². The molecule has 0 saturated heterocycles. The predicted octanol–water partition coefficient (Wildman–Crippen LogP) is 1.90. The van der Waals surface area contributed by atoms with Gasteiger partial charge >= 0.3 is 5.97 Å². The zero-order valence-electron chi connectivity index (χ0n) is 14.3. The lowest BCUT2D eigenvalue weighted by Crippen LogP contribution is -2.39. The molecular formula is C19H19N3O4. The number of anilines is 1. The number of benzene rings is 1. The first-order valence-electron chi connectivity index (χ1n) is 8.23. The topological polar surface area (TPSA) is 97.4 Å². The van der Waals surface area contributed by atoms with Crippen molar-refractivity contribution in [2.45, 2.75) is 19.4 Å². The Morgan fingerprint density at radius 1 is 1.12 bits per heavy atom. The minimum absolute atomic E-state index is 0.270. The molecule has 1 aromatic carbocycles. The fourth-order valence-electron chi connectivity index (χ4n) is 2.62. The van der Waals surface area contributed by atoms with Crippen LogP contribution in [0.15, 0.2) is 48.7 Å². The number of aromatic nitrogens is 1. The monoisotopic (exact) mass is 353 g/mol. The van der Waals surface area contributed by atoms with Gasteiger partial charge in [0.1, 0.15) is 5.41 Å². The van der Waals surface area contributed by atoms with Crippen LogP contribution < -0.4 is 10.6 Å². The van der Waals surface area contributed by atoms with Gasteiger partial charge < -0.3 is 15.4 Å². The molecule has 134 valence electrons. The van der Waals surface area contributed by atoms with Crippen molar-refractivity contribution in [2.24, 2.45) is 5.41 Å². The van der Waals surface area contributed by atoms with E-state index in [1.807, 2.05) is 6.07 Å². The first kappa shape index (κ1) is 17.6. The van der Waals surface area contributed by atoms with Crippen molar-refractivity contribution < 1.29 is 19.1 Å². The zero-order valence-corrected chi connectivity index (χ0v) is 14.3. The van der Waals surface area contributed by atoms with Gasteiger partial charge in [0, 0.05) is 11.9 Å². The SMILES string of the molecule is COC(=O)c1cccc(NC(=O)C2(C(=O)NCc3ccccn3)CC2)c1. The molecule has 0 atom stereocenters. The number of carbonyl (C=O) groups excluding carboxylic acids is 3. The summed E-state index contributed by atoms with van der Waals surface area (Å²) in [6.07, 6.45) is 2.63. The standard InChI is InChI=1S/C19H19N3O4/c1-26-16(23)13-5-4-7-14(11-13)22-18(25)19(8-9-19)17(24)21-12-15-6-2-3-10-20-15/h2-7,10-11H,8-9,12H2,1H3,(H,21,24)(H,22,25). The van der Waals surface area contributed by atoms with Gasteiger partial charge in [-0.3, -0.25) is 14.6 Å². The Morgan fingerprint density at radius 3 is 2.58 bits per heavy atom. The summed E-state index contributed by atoms with van der Waals surface area (Å²) in [6.45, 7) is 0.270. The lowest BCUT2D eigenvalue weighted by molar-refractivity contribution is -0.134. The largest absolute Gasteiger partial charge is 0.465 e. The van der Waals surface area contributed by atoms with E-state index in [2.05, 4.69) is 20.4 Å². The van der Waals surface area contributed by atoms with Crippen LogP contribution in [0.1, 0.15) is 28.9 Å². The number of hydrogen-bond acceptors (Lipinski definition) is 5. The third-order valence-corrected chi connectivity index (χ3v) is 4.32. The molecule has 2 amide bonds. The number of nitrogens with zero attached hydrogens (tertiary/aromatic N) is 1. The van der Waals surface area contributed by atoms with E-state index >= 15 is 0 Å². The Morgan fingerprint density at radius 2 is 1.92 bits per heavy atom. The van der Waals surface area contributed by atoms with E-state index in [4.69, 9.17) is 0 Å². The van der Waals surface area contributed by atoms with E-state index < -0.39 is 11.4 Å². The minimum atomic E-state index is -1.06. The third-order valence-electron chi connectivity index (χ3n) is 4.32. The van der Waals surface area contributed by atoms with Gasteiger partial charge in [-0.05, 0) is 43.2 Å². The second-order valence-corrected chi connectivity index (χ2v) is 6.11. The Balaban J connectivity index is 1.63. The van der Waals surface area contributed by atoms with Crippen LogP contribution in [-0.4, -0.2) is 29.9 Å². The van der Waals surface area contributed by atoms with Crippen molar-refractivity contribution in [2.75, 3.05) is 12.4 Å². The van der Waals surface area contributed by atoms with Crippen LogP contribution in [0.3, 0.4) is 0 Å². The molecule has 1 aliphatic rings. The molecule has 1 fully saturated rings. The first-order chi connectivity index (χ1) is 12.5. The molecule has 26 heavy (non-hydrogen) atoms. The van der Waals surface area contributed by atoms with Gasteiger partial charge in [-0.15, -0.1) is 0 Å². The molecule has 1 heterocycles. The van der Waals surface area contributed by atoms with E-state index in [1.165, 1.54) is 13.2 Å². The maximum Gasteiger partial charge on any atom is 0.337 e. The van der Waals surface area contributed by atoms with Crippen molar-refractivity contribution in [3.8, 4) is 0 Å². The number of amides is 2. The molecule has 0 bridgehead atoms. The molecule has 7 heteroatoms. The molecule has 2 N–H and O–H groups in total. The highest BCUT2D eigenvalue weighted by Gasteiger charge is 2.56. The summed E-state index contributed by atoms with van der Waals surface area (Å²) in [5.41, 5.74) is 0.440. The summed E-state index contributed by atoms with van der Waals surface area (Å²) in [5, 5.41) is 5.49. The molecule has 3 rings (SSSR count). The first-order valence-corrected chi connectivity index (χ1v) is 8.23. The van der Waals surface area contributed by atoms with Crippen LogP contribution in [0.25, 0.3) is 0 Å². The molecule has 0 radical (unpaired) electrons. The Bertz CT molecular complexity index is 832. The van der Waals surface area contributed by atoms with E-state index in [1.54, 1.807) is 36.5 Å². The van der Waals surface area contributed by atoms with Gasteiger partial charge in [0.15, 0.2) is 0 Å². The number of rotatable bonds is 6. The molecule has 0 unspecified atom stereocenters. The fourth-order valence-corrected chi connectivity index (χ4v) is 2.62. The number of ether oxygens (including phenoxy) is 1. The Hall–Kier alpha value is -3.22. The normalized spacial score (nSPS) is 14.2. The van der Waals surface area contributed by atoms with Crippen LogP contribution in [-0.2, 0) is 20.9 Å². The summed E-state index contributed by atoms with van der Waals surface area (Å²) in [5.74, 6) is -1.18. The van der Waals surface area contributed by atoms with Gasteiger partial charge in [-0.1, -0.05) is 12.1 Å². The Kier molecular flexibility index (Phi) is 4.97. The number of esters is 1. The van der Waals surface area contributed by atoms with Gasteiger partial charge in [-0.2, -0.15) is 0 Å². The average molecular weight is 353 g/mol. The predicted molar refractivity (Wildman–Crippen MR) is 94.2 cm³/mol. The highest BCUT2D eigenvalue weighted by molar-refractivity contribution is 6.13. The summed E-state index contributed by atoms with van der Waals surface area (Å²) in [7, 11) is 1.29. The summed E-state index contributed by atoms with van der Waals surface area (Å²) >= 11 is 0. The minimum Gasteiger partial charge on any atom is -0.465 e. The van der Waals surface area contributed by atoms with Crippen molar-refractivity contribution in [3.05, 3.63) is 59.9 Å². The molecule has 0 spiro atoms. The van der Waals surface area contributed by atoms with Crippen LogP contribution in [0, 0.1) is 5.41 Å². The van der Waals surface area contributed by atoms with Gasteiger partial charge in [0.05, 0.1) is 24.9 Å². The summed E-state index contributed by atoms with van der Waals surface area (Å²) < 4.78 is 4.67. The maximum absolute atomic E-state index is 12.6. The summed E-state index contributed by atoms with van der Waals surface area (Å²) in [6, 6.07) is 11.8. The van der Waals surface area contributed by atoms with E-state index in [0.717, 1.165) is 5.69 Å². The Labute approximate surface area is 150 Å². The molecule has 7 nitrogen and oxygen atoms in total.